The van der Waals surface area contributed by atoms with Gasteiger partial charge in [-0.2, -0.15) is 0 Å². The van der Waals surface area contributed by atoms with Crippen LogP contribution in [0.1, 0.15) is 12.5 Å². The number of hydrogen-bond donors (Lipinski definition) is 0. The van der Waals surface area contributed by atoms with Gasteiger partial charge in [-0.1, -0.05) is 23.4 Å². The molecule has 0 saturated carbocycles. The quantitative estimate of drug-likeness (QED) is 0.217. The summed E-state index contributed by atoms with van der Waals surface area (Å²) in [5, 5.41) is 11.3. The fraction of sp³-hybridized carbons (Fsp3) is 0.167. The first-order chi connectivity index (χ1) is 8.45. The van der Waals surface area contributed by atoms with E-state index in [0.717, 1.165) is 12.1 Å². The SMILES string of the molecule is CCOC(=O)C(=O)/C=C(/[O-])c1ccc(F)c(Cl)c1.[Li+]. The summed E-state index contributed by atoms with van der Waals surface area (Å²) >= 11 is 5.49. The third-order valence-corrected chi connectivity index (χ3v) is 2.23. The van der Waals surface area contributed by atoms with Crippen LogP contribution < -0.4 is 24.0 Å². The predicted molar refractivity (Wildman–Crippen MR) is 61.0 cm³/mol. The first-order valence-corrected chi connectivity index (χ1v) is 5.38. The molecule has 7 heteroatoms. The van der Waals surface area contributed by atoms with Crippen LogP contribution in [-0.2, 0) is 14.3 Å². The van der Waals surface area contributed by atoms with Gasteiger partial charge in [-0.15, -0.1) is 0 Å². The molecule has 0 atom stereocenters. The zero-order chi connectivity index (χ0) is 13.7. The number of carbonyl (C=O) groups excluding carboxylic acids is 2. The minimum atomic E-state index is -1.11. The molecule has 0 amide bonds. The van der Waals surface area contributed by atoms with Crippen molar-refractivity contribution >= 4 is 29.1 Å². The van der Waals surface area contributed by atoms with Gasteiger partial charge in [-0.05, 0) is 30.7 Å². The van der Waals surface area contributed by atoms with Crippen LogP contribution in [0.3, 0.4) is 0 Å². The first kappa shape index (κ1) is 17.7. The molecule has 0 spiro atoms. The van der Waals surface area contributed by atoms with E-state index in [0.29, 0.717) is 6.08 Å². The monoisotopic (exact) mass is 278 g/mol. The average molecular weight is 279 g/mol. The van der Waals surface area contributed by atoms with Crippen molar-refractivity contribution in [1.82, 2.24) is 0 Å². The Balaban J connectivity index is 0.00000324. The summed E-state index contributed by atoms with van der Waals surface area (Å²) in [7, 11) is 0. The van der Waals surface area contributed by atoms with Crippen molar-refractivity contribution in [2.24, 2.45) is 0 Å². The molecule has 0 N–H and O–H groups in total. The van der Waals surface area contributed by atoms with E-state index in [4.69, 9.17) is 11.6 Å². The Morgan fingerprint density at radius 1 is 1.47 bits per heavy atom. The van der Waals surface area contributed by atoms with E-state index < -0.39 is 23.3 Å². The van der Waals surface area contributed by atoms with E-state index in [1.54, 1.807) is 0 Å². The molecule has 0 heterocycles. The Bertz CT molecular complexity index is 516. The van der Waals surface area contributed by atoms with E-state index in [1.165, 1.54) is 13.0 Å². The summed E-state index contributed by atoms with van der Waals surface area (Å²) in [5.74, 6) is -3.60. The zero-order valence-electron chi connectivity index (χ0n) is 10.4. The Hall–Kier alpha value is -1.28. The summed E-state index contributed by atoms with van der Waals surface area (Å²) in [5.41, 5.74) is 0.0130. The number of halogens is 2. The van der Waals surface area contributed by atoms with Crippen molar-refractivity contribution in [3.05, 3.63) is 40.7 Å². The molecule has 0 aliphatic heterocycles. The molecule has 0 aliphatic carbocycles. The van der Waals surface area contributed by atoms with Gasteiger partial charge in [0.15, 0.2) is 0 Å². The molecule has 19 heavy (non-hydrogen) atoms. The molecule has 0 radical (unpaired) electrons. The number of ether oxygens (including phenoxy) is 1. The van der Waals surface area contributed by atoms with Crippen LogP contribution in [0.15, 0.2) is 24.3 Å². The number of benzene rings is 1. The Morgan fingerprint density at radius 3 is 2.63 bits per heavy atom. The second-order valence-electron chi connectivity index (χ2n) is 3.22. The molecule has 1 aromatic carbocycles. The van der Waals surface area contributed by atoms with Crippen molar-refractivity contribution in [1.29, 1.82) is 0 Å². The molecule has 1 rings (SSSR count). The molecule has 0 aromatic heterocycles. The van der Waals surface area contributed by atoms with E-state index in [1.807, 2.05) is 0 Å². The average Bonchev–Trinajstić information content (AvgIpc) is 2.32. The number of hydrogen-bond acceptors (Lipinski definition) is 4. The summed E-state index contributed by atoms with van der Waals surface area (Å²) in [4.78, 5) is 22.2. The maximum atomic E-state index is 12.9. The van der Waals surface area contributed by atoms with Crippen molar-refractivity contribution in [3.8, 4) is 0 Å². The largest absolute Gasteiger partial charge is 1.00 e. The van der Waals surface area contributed by atoms with Crippen molar-refractivity contribution in [3.63, 3.8) is 0 Å². The third-order valence-electron chi connectivity index (χ3n) is 1.94. The van der Waals surface area contributed by atoms with Crippen LogP contribution in [0.2, 0.25) is 5.02 Å². The van der Waals surface area contributed by atoms with Gasteiger partial charge in [0.05, 0.1) is 11.6 Å². The molecule has 96 valence electrons. The molecule has 0 aliphatic rings. The summed E-state index contributed by atoms with van der Waals surface area (Å²) < 4.78 is 17.3. The number of esters is 1. The second kappa shape index (κ2) is 8.00. The van der Waals surface area contributed by atoms with Gasteiger partial charge in [-0.3, -0.25) is 4.79 Å². The molecular formula is C12H9ClFLiO4. The fourth-order valence-corrected chi connectivity index (χ4v) is 1.29. The van der Waals surface area contributed by atoms with Crippen LogP contribution in [0.25, 0.3) is 5.76 Å². The van der Waals surface area contributed by atoms with Crippen LogP contribution in [0.4, 0.5) is 4.39 Å². The smallest absolute Gasteiger partial charge is 0.872 e. The molecule has 0 fully saturated rings. The van der Waals surface area contributed by atoms with Crippen molar-refractivity contribution in [2.45, 2.75) is 6.92 Å². The van der Waals surface area contributed by atoms with Crippen LogP contribution in [0.5, 0.6) is 0 Å². The molecule has 0 saturated heterocycles. The summed E-state index contributed by atoms with van der Waals surface area (Å²) in [6.45, 7) is 1.57. The van der Waals surface area contributed by atoms with Crippen molar-refractivity contribution < 1.29 is 42.7 Å². The van der Waals surface area contributed by atoms with E-state index in [2.05, 4.69) is 4.74 Å². The van der Waals surface area contributed by atoms with Gasteiger partial charge in [0, 0.05) is 0 Å². The van der Waals surface area contributed by atoms with E-state index in [9.17, 15) is 19.1 Å². The summed E-state index contributed by atoms with van der Waals surface area (Å²) in [6, 6.07) is 3.24. The standard InChI is InChI=1S/C12H10ClFO4.Li/c1-2-18-12(17)11(16)6-10(15)7-3-4-9(14)8(13)5-7;/h3-6,15H,2H2,1H3;/q;+1/p-1/b10-6+;. The molecule has 0 bridgehead atoms. The second-order valence-corrected chi connectivity index (χ2v) is 3.63. The van der Waals surface area contributed by atoms with Gasteiger partial charge < -0.3 is 9.84 Å². The van der Waals surface area contributed by atoms with Crippen LogP contribution >= 0.6 is 11.6 Å². The predicted octanol–water partition coefficient (Wildman–Crippen LogP) is -1.68. The van der Waals surface area contributed by atoms with Gasteiger partial charge in [-0.25, -0.2) is 9.18 Å². The Kier molecular flexibility index (Phi) is 7.46. The third kappa shape index (κ3) is 5.07. The van der Waals surface area contributed by atoms with Gasteiger partial charge in [0.25, 0.3) is 5.78 Å². The summed E-state index contributed by atoms with van der Waals surface area (Å²) in [6.07, 6.45) is 0.585. The first-order valence-electron chi connectivity index (χ1n) is 5.01. The Morgan fingerprint density at radius 2 is 2.11 bits per heavy atom. The maximum Gasteiger partial charge on any atom is 1.00 e. The normalized spacial score (nSPS) is 10.6. The van der Waals surface area contributed by atoms with Crippen LogP contribution in [0, 0.1) is 5.82 Å². The number of rotatable bonds is 4. The van der Waals surface area contributed by atoms with Gasteiger partial charge >= 0.3 is 24.8 Å². The van der Waals surface area contributed by atoms with Gasteiger partial charge in [0.1, 0.15) is 5.82 Å². The number of carbonyl (C=O) groups is 2. The topological polar surface area (TPSA) is 66.4 Å². The zero-order valence-corrected chi connectivity index (χ0v) is 11.2. The van der Waals surface area contributed by atoms with Crippen molar-refractivity contribution in [2.75, 3.05) is 6.61 Å². The minimum absolute atomic E-state index is 0. The molecule has 4 nitrogen and oxygen atoms in total. The Labute approximate surface area is 126 Å². The van der Waals surface area contributed by atoms with E-state index in [-0.39, 0.29) is 36.1 Å². The molecular weight excluding hydrogens is 270 g/mol. The molecule has 1 aromatic rings. The maximum absolute atomic E-state index is 12.9. The van der Waals surface area contributed by atoms with Gasteiger partial charge in [0.2, 0.25) is 0 Å². The fourth-order valence-electron chi connectivity index (χ4n) is 1.11. The number of ketones is 1. The minimum Gasteiger partial charge on any atom is -0.872 e. The molecule has 0 unspecified atom stereocenters. The van der Waals surface area contributed by atoms with E-state index >= 15 is 0 Å². The van der Waals surface area contributed by atoms with Crippen LogP contribution in [-0.4, -0.2) is 18.4 Å².